The highest BCUT2D eigenvalue weighted by Crippen LogP contribution is 2.57. The number of carbonyl (C=O) groups excluding carboxylic acids is 2. The van der Waals surface area contributed by atoms with Crippen LogP contribution in [0.1, 0.15) is 29.5 Å². The number of nitrogens with zero attached hydrogens (tertiary/aromatic N) is 2. The average molecular weight is 515 g/mol. The molecule has 1 fully saturated rings. The monoisotopic (exact) mass is 514 g/mol. The summed E-state index contributed by atoms with van der Waals surface area (Å²) in [5.74, 6) is -0.696. The number of amides is 1. The highest BCUT2D eigenvalue weighted by Gasteiger charge is 2.65. The van der Waals surface area contributed by atoms with Crippen molar-refractivity contribution in [2.24, 2.45) is 5.92 Å². The minimum absolute atomic E-state index is 0.0181. The van der Waals surface area contributed by atoms with Crippen molar-refractivity contribution in [3.63, 3.8) is 0 Å². The van der Waals surface area contributed by atoms with E-state index in [1.54, 1.807) is 6.08 Å². The Morgan fingerprint density at radius 1 is 1.06 bits per heavy atom. The van der Waals surface area contributed by atoms with Crippen LogP contribution in [0.4, 0.5) is 5.69 Å². The van der Waals surface area contributed by atoms with Gasteiger partial charge in [0.2, 0.25) is 0 Å². The molecule has 0 radical (unpaired) electrons. The zero-order valence-corrected chi connectivity index (χ0v) is 20.9. The van der Waals surface area contributed by atoms with E-state index < -0.39 is 11.5 Å². The van der Waals surface area contributed by atoms with Crippen molar-refractivity contribution in [3.05, 3.63) is 106 Å². The molecule has 0 aliphatic carbocycles. The van der Waals surface area contributed by atoms with Gasteiger partial charge >= 0.3 is 0 Å². The highest BCUT2D eigenvalue weighted by atomic mass is 79.9. The van der Waals surface area contributed by atoms with Crippen LogP contribution in [0.15, 0.2) is 89.4 Å². The molecule has 5 rings (SSSR count). The van der Waals surface area contributed by atoms with Crippen LogP contribution >= 0.6 is 15.9 Å². The predicted molar refractivity (Wildman–Crippen MR) is 140 cm³/mol. The second-order valence-electron chi connectivity index (χ2n) is 9.00. The van der Waals surface area contributed by atoms with Crippen LogP contribution in [-0.2, 0) is 15.1 Å². The van der Waals surface area contributed by atoms with E-state index in [2.05, 4.69) is 33.0 Å². The summed E-state index contributed by atoms with van der Waals surface area (Å²) in [6.45, 7) is 3.16. The number of likely N-dealkylation sites (N-methyl/N-ethyl adjacent to an activating group) is 2. The highest BCUT2D eigenvalue weighted by molar-refractivity contribution is 9.10. The quantitative estimate of drug-likeness (QED) is 0.413. The number of likely N-dealkylation sites (tertiary alicyclic amines) is 1. The molecule has 172 valence electrons. The molecular formula is C29H27BrN2O2. The van der Waals surface area contributed by atoms with E-state index in [0.717, 1.165) is 26.9 Å². The lowest BCUT2D eigenvalue weighted by atomic mass is 9.71. The Kier molecular flexibility index (Phi) is 6.00. The summed E-state index contributed by atoms with van der Waals surface area (Å²) >= 11 is 3.61. The molecule has 4 nitrogen and oxygen atoms in total. The Morgan fingerprint density at radius 3 is 2.41 bits per heavy atom. The van der Waals surface area contributed by atoms with Gasteiger partial charge in [0.15, 0.2) is 5.78 Å². The van der Waals surface area contributed by atoms with Gasteiger partial charge in [-0.15, -0.1) is 0 Å². The van der Waals surface area contributed by atoms with Crippen LogP contribution in [0, 0.1) is 5.92 Å². The van der Waals surface area contributed by atoms with Crippen molar-refractivity contribution >= 4 is 39.4 Å². The predicted octanol–water partition coefficient (Wildman–Crippen LogP) is 5.64. The van der Waals surface area contributed by atoms with Crippen molar-refractivity contribution in [3.8, 4) is 0 Å². The molecule has 2 heterocycles. The smallest absolute Gasteiger partial charge is 0.252 e. The van der Waals surface area contributed by atoms with Gasteiger partial charge in [0, 0.05) is 34.7 Å². The maximum Gasteiger partial charge on any atom is 0.252 e. The Balaban J connectivity index is 1.69. The first-order valence-corrected chi connectivity index (χ1v) is 12.4. The number of anilines is 1. The number of benzene rings is 3. The number of carbonyl (C=O) groups is 2. The fourth-order valence-electron chi connectivity index (χ4n) is 5.78. The molecule has 5 heteroatoms. The molecule has 1 spiro atoms. The van der Waals surface area contributed by atoms with Gasteiger partial charge in [-0.1, -0.05) is 82.7 Å². The van der Waals surface area contributed by atoms with Crippen LogP contribution in [0.3, 0.4) is 0 Å². The molecule has 3 unspecified atom stereocenters. The molecular weight excluding hydrogens is 488 g/mol. The van der Waals surface area contributed by atoms with Gasteiger partial charge in [-0.05, 0) is 49.4 Å². The number of allylic oxidation sites excluding steroid dienone is 1. The first-order chi connectivity index (χ1) is 16.5. The molecule has 1 saturated heterocycles. The summed E-state index contributed by atoms with van der Waals surface area (Å²) in [7, 11) is 1.98. The molecule has 3 aromatic carbocycles. The van der Waals surface area contributed by atoms with E-state index in [1.165, 1.54) is 0 Å². The van der Waals surface area contributed by atoms with Gasteiger partial charge in [0.1, 0.15) is 5.54 Å². The molecule has 2 aliphatic heterocycles. The van der Waals surface area contributed by atoms with Gasteiger partial charge in [-0.3, -0.25) is 14.5 Å². The van der Waals surface area contributed by atoms with Crippen molar-refractivity contribution in [2.75, 3.05) is 25.0 Å². The topological polar surface area (TPSA) is 40.6 Å². The van der Waals surface area contributed by atoms with Crippen LogP contribution in [0.2, 0.25) is 0 Å². The lowest BCUT2D eigenvalue weighted by molar-refractivity contribution is -0.135. The molecule has 2 aliphatic rings. The fourth-order valence-corrected chi connectivity index (χ4v) is 6.15. The number of hydrogen-bond donors (Lipinski definition) is 0. The Hall–Kier alpha value is -3.02. The Morgan fingerprint density at radius 2 is 1.74 bits per heavy atom. The van der Waals surface area contributed by atoms with Crippen LogP contribution < -0.4 is 4.90 Å². The number of halogens is 1. The Labute approximate surface area is 209 Å². The van der Waals surface area contributed by atoms with Gasteiger partial charge in [0.05, 0.1) is 5.92 Å². The second-order valence-corrected chi connectivity index (χ2v) is 9.91. The average Bonchev–Trinajstić information content (AvgIpc) is 3.30. The normalized spacial score (nSPS) is 24.3. The maximum absolute atomic E-state index is 14.2. The second kappa shape index (κ2) is 8.97. The van der Waals surface area contributed by atoms with E-state index in [9.17, 15) is 9.59 Å². The molecule has 0 N–H and O–H groups in total. The van der Waals surface area contributed by atoms with E-state index in [0.29, 0.717) is 13.1 Å². The minimum atomic E-state index is -1.05. The molecule has 34 heavy (non-hydrogen) atoms. The summed E-state index contributed by atoms with van der Waals surface area (Å²) in [6, 6.07) is 25.9. The van der Waals surface area contributed by atoms with Crippen molar-refractivity contribution in [1.82, 2.24) is 4.90 Å². The van der Waals surface area contributed by atoms with Crippen molar-refractivity contribution < 1.29 is 9.59 Å². The van der Waals surface area contributed by atoms with E-state index >= 15 is 0 Å². The summed E-state index contributed by atoms with van der Waals surface area (Å²) < 4.78 is 0.902. The lowest BCUT2D eigenvalue weighted by Crippen LogP contribution is -2.53. The van der Waals surface area contributed by atoms with Gasteiger partial charge < -0.3 is 4.90 Å². The molecule has 3 atom stereocenters. The molecule has 3 aromatic rings. The number of fused-ring (bicyclic) bond motifs is 2. The first kappa shape index (κ1) is 22.8. The molecule has 0 bridgehead atoms. The summed E-state index contributed by atoms with van der Waals surface area (Å²) in [5.41, 5.74) is 2.79. The summed E-state index contributed by atoms with van der Waals surface area (Å²) in [6.07, 6.45) is 3.52. The van der Waals surface area contributed by atoms with Crippen LogP contribution in [-0.4, -0.2) is 36.7 Å². The van der Waals surface area contributed by atoms with E-state index in [4.69, 9.17) is 0 Å². The van der Waals surface area contributed by atoms with Crippen LogP contribution in [0.5, 0.6) is 0 Å². The van der Waals surface area contributed by atoms with Gasteiger partial charge in [0.25, 0.3) is 5.91 Å². The molecule has 0 aromatic heterocycles. The molecule has 0 saturated carbocycles. The van der Waals surface area contributed by atoms with Crippen molar-refractivity contribution in [2.45, 2.75) is 18.4 Å². The maximum atomic E-state index is 14.2. The zero-order valence-electron chi connectivity index (χ0n) is 19.3. The number of hydrogen-bond acceptors (Lipinski definition) is 3. The first-order valence-electron chi connectivity index (χ1n) is 11.6. The number of ketones is 1. The third-order valence-electron chi connectivity index (χ3n) is 7.25. The van der Waals surface area contributed by atoms with E-state index in [1.807, 2.05) is 91.7 Å². The largest absolute Gasteiger partial charge is 0.310 e. The standard InChI is InChI=1S/C29H27BrN2O2/c1-3-32-25-16-15-22(30)18-24(25)29(28(32)34)27(26(33)17-14-20-10-6-4-7-11-20)23(19-31(29)2)21-12-8-5-9-13-21/h4-18,23,27H,3,19H2,1-2H3. The summed E-state index contributed by atoms with van der Waals surface area (Å²) in [4.78, 5) is 32.2. The minimum Gasteiger partial charge on any atom is -0.310 e. The molecule has 1 amide bonds. The number of rotatable bonds is 5. The van der Waals surface area contributed by atoms with Gasteiger partial charge in [-0.2, -0.15) is 0 Å². The third kappa shape index (κ3) is 3.46. The van der Waals surface area contributed by atoms with Crippen LogP contribution in [0.25, 0.3) is 6.08 Å². The third-order valence-corrected chi connectivity index (χ3v) is 7.74. The zero-order chi connectivity index (χ0) is 23.9. The SMILES string of the molecule is CCN1C(=O)C2(c3cc(Br)ccc31)C(C(=O)C=Cc1ccccc1)C(c1ccccc1)CN2C. The summed E-state index contributed by atoms with van der Waals surface area (Å²) in [5, 5.41) is 0. The lowest BCUT2D eigenvalue weighted by Gasteiger charge is -2.36. The van der Waals surface area contributed by atoms with E-state index in [-0.39, 0.29) is 17.6 Å². The van der Waals surface area contributed by atoms with Gasteiger partial charge in [-0.25, -0.2) is 0 Å². The Bertz CT molecular complexity index is 1260. The van der Waals surface area contributed by atoms with Crippen molar-refractivity contribution in [1.29, 1.82) is 0 Å². The fraction of sp³-hybridized carbons (Fsp3) is 0.241.